The van der Waals surface area contributed by atoms with E-state index in [2.05, 4.69) is 21.2 Å². The molecule has 0 radical (unpaired) electrons. The van der Waals surface area contributed by atoms with E-state index in [1.54, 1.807) is 12.0 Å². The average Bonchev–Trinajstić information content (AvgIpc) is 2.30. The van der Waals surface area contributed by atoms with E-state index in [1.165, 1.54) is 0 Å². The molecule has 0 unspecified atom stereocenters. The van der Waals surface area contributed by atoms with Gasteiger partial charge in [-0.1, -0.05) is 15.9 Å². The fraction of sp³-hybridized carbons (Fsp3) is 0.533. The highest BCUT2D eigenvalue weighted by Gasteiger charge is 2.33. The summed E-state index contributed by atoms with van der Waals surface area (Å²) >= 11 is 3.45. The lowest BCUT2D eigenvalue weighted by molar-refractivity contribution is 0.0105. The minimum absolute atomic E-state index is 0.233. The van der Waals surface area contributed by atoms with Crippen LogP contribution in [0.2, 0.25) is 0 Å². The molecule has 1 aliphatic rings. The minimum Gasteiger partial charge on any atom is -0.497 e. The zero-order valence-corrected chi connectivity index (χ0v) is 14.4. The number of anilines is 1. The molecule has 1 amide bonds. The number of nitrogens with zero attached hydrogens (tertiary/aromatic N) is 1. The van der Waals surface area contributed by atoms with Gasteiger partial charge >= 0.3 is 6.09 Å². The van der Waals surface area contributed by atoms with E-state index < -0.39 is 5.60 Å². The number of carbonyl (C=O) groups is 1. The van der Waals surface area contributed by atoms with Crippen molar-refractivity contribution in [3.63, 3.8) is 0 Å². The smallest absolute Gasteiger partial charge is 0.410 e. The second-order valence-electron chi connectivity index (χ2n) is 6.11. The van der Waals surface area contributed by atoms with Crippen molar-refractivity contribution >= 4 is 27.7 Å². The van der Waals surface area contributed by atoms with Crippen molar-refractivity contribution in [3.8, 4) is 5.75 Å². The van der Waals surface area contributed by atoms with Gasteiger partial charge in [0.05, 0.1) is 13.2 Å². The molecule has 1 N–H and O–H groups in total. The highest BCUT2D eigenvalue weighted by atomic mass is 79.9. The summed E-state index contributed by atoms with van der Waals surface area (Å²) < 4.78 is 11.5. The number of ether oxygens (including phenoxy) is 2. The Morgan fingerprint density at radius 3 is 2.57 bits per heavy atom. The third-order valence-electron chi connectivity index (χ3n) is 3.01. The standard InChI is InChI=1S/C15H21BrN2O3/c1-15(2,3)21-14(19)18-8-12(9-18)17-11-5-10(16)6-13(7-11)20-4/h5-7,12,17H,8-9H2,1-4H3. The molecule has 2 rings (SSSR count). The van der Waals surface area contributed by atoms with Crippen LogP contribution >= 0.6 is 15.9 Å². The molecular formula is C15H21BrN2O3. The monoisotopic (exact) mass is 356 g/mol. The number of likely N-dealkylation sites (tertiary alicyclic amines) is 1. The fourth-order valence-electron chi connectivity index (χ4n) is 2.05. The molecule has 0 saturated carbocycles. The van der Waals surface area contributed by atoms with Crippen molar-refractivity contribution in [2.45, 2.75) is 32.4 Å². The zero-order chi connectivity index (χ0) is 15.6. The predicted octanol–water partition coefficient (Wildman–Crippen LogP) is 3.49. The highest BCUT2D eigenvalue weighted by molar-refractivity contribution is 9.10. The van der Waals surface area contributed by atoms with Crippen LogP contribution in [0.15, 0.2) is 22.7 Å². The van der Waals surface area contributed by atoms with Crippen molar-refractivity contribution in [1.82, 2.24) is 4.90 Å². The summed E-state index contributed by atoms with van der Waals surface area (Å²) in [5.41, 5.74) is 0.517. The van der Waals surface area contributed by atoms with E-state index >= 15 is 0 Å². The predicted molar refractivity (Wildman–Crippen MR) is 85.9 cm³/mol. The summed E-state index contributed by atoms with van der Waals surface area (Å²) in [5, 5.41) is 3.38. The Hall–Kier alpha value is -1.43. The molecule has 0 bridgehead atoms. The summed E-state index contributed by atoms with van der Waals surface area (Å²) in [6.07, 6.45) is -0.257. The van der Waals surface area contributed by atoms with E-state index in [0.29, 0.717) is 13.1 Å². The van der Waals surface area contributed by atoms with Crippen LogP contribution in [0.1, 0.15) is 20.8 Å². The number of nitrogens with one attached hydrogen (secondary N) is 1. The van der Waals surface area contributed by atoms with Crippen molar-refractivity contribution in [3.05, 3.63) is 22.7 Å². The van der Waals surface area contributed by atoms with Crippen LogP contribution in [-0.4, -0.2) is 42.8 Å². The molecule has 1 saturated heterocycles. The third kappa shape index (κ3) is 4.52. The summed E-state index contributed by atoms with van der Waals surface area (Å²) in [4.78, 5) is 13.5. The molecule has 1 aromatic carbocycles. The van der Waals surface area contributed by atoms with Gasteiger partial charge in [0.2, 0.25) is 0 Å². The Labute approximate surface area is 133 Å². The molecule has 0 aromatic heterocycles. The van der Waals surface area contributed by atoms with Crippen LogP contribution in [0.3, 0.4) is 0 Å². The van der Waals surface area contributed by atoms with Crippen LogP contribution in [0, 0.1) is 0 Å². The molecular weight excluding hydrogens is 336 g/mol. The van der Waals surface area contributed by atoms with Gasteiger partial charge in [-0.25, -0.2) is 4.79 Å². The molecule has 0 atom stereocenters. The van der Waals surface area contributed by atoms with Crippen molar-refractivity contribution in [2.75, 3.05) is 25.5 Å². The van der Waals surface area contributed by atoms with Gasteiger partial charge < -0.3 is 19.7 Å². The maximum atomic E-state index is 11.8. The molecule has 0 aliphatic carbocycles. The maximum Gasteiger partial charge on any atom is 0.410 e. The molecule has 6 heteroatoms. The molecule has 1 aromatic rings. The summed E-state index contributed by atoms with van der Waals surface area (Å²) in [6.45, 7) is 6.89. The first-order valence-electron chi connectivity index (χ1n) is 6.86. The fourth-order valence-corrected chi connectivity index (χ4v) is 2.52. The van der Waals surface area contributed by atoms with Crippen molar-refractivity contribution in [2.24, 2.45) is 0 Å². The first kappa shape index (κ1) is 15.9. The quantitative estimate of drug-likeness (QED) is 0.900. The topological polar surface area (TPSA) is 50.8 Å². The van der Waals surface area contributed by atoms with Crippen molar-refractivity contribution < 1.29 is 14.3 Å². The van der Waals surface area contributed by atoms with E-state index in [0.717, 1.165) is 15.9 Å². The number of amides is 1. The van der Waals surface area contributed by atoms with Gasteiger partial charge in [-0.15, -0.1) is 0 Å². The number of rotatable bonds is 3. The van der Waals surface area contributed by atoms with Gasteiger partial charge in [-0.05, 0) is 32.9 Å². The first-order chi connectivity index (χ1) is 9.76. The molecule has 0 spiro atoms. The Bertz CT molecular complexity index is 522. The molecule has 5 nitrogen and oxygen atoms in total. The Kier molecular flexibility index (Phi) is 4.66. The summed E-state index contributed by atoms with van der Waals surface area (Å²) in [5.74, 6) is 0.787. The Balaban J connectivity index is 1.85. The number of methoxy groups -OCH3 is 1. The van der Waals surface area contributed by atoms with E-state index in [9.17, 15) is 4.79 Å². The molecule has 1 fully saturated rings. The molecule has 116 valence electrons. The number of benzene rings is 1. The highest BCUT2D eigenvalue weighted by Crippen LogP contribution is 2.26. The van der Waals surface area contributed by atoms with Gasteiger partial charge in [-0.3, -0.25) is 0 Å². The number of hydrogen-bond acceptors (Lipinski definition) is 4. The van der Waals surface area contributed by atoms with E-state index in [1.807, 2.05) is 39.0 Å². The normalized spacial score (nSPS) is 15.4. The number of carbonyl (C=O) groups excluding carboxylic acids is 1. The van der Waals surface area contributed by atoms with Gasteiger partial charge in [-0.2, -0.15) is 0 Å². The van der Waals surface area contributed by atoms with Gasteiger partial charge in [0.1, 0.15) is 11.4 Å². The molecule has 1 heterocycles. The second-order valence-corrected chi connectivity index (χ2v) is 7.02. The van der Waals surface area contributed by atoms with Gasteiger partial charge in [0, 0.05) is 29.3 Å². The lowest BCUT2D eigenvalue weighted by atomic mass is 10.1. The van der Waals surface area contributed by atoms with Crippen LogP contribution < -0.4 is 10.1 Å². The van der Waals surface area contributed by atoms with Crippen LogP contribution in [-0.2, 0) is 4.74 Å². The number of halogens is 1. The van der Waals surface area contributed by atoms with Crippen LogP contribution in [0.25, 0.3) is 0 Å². The van der Waals surface area contributed by atoms with E-state index in [4.69, 9.17) is 9.47 Å². The Morgan fingerprint density at radius 1 is 1.33 bits per heavy atom. The maximum absolute atomic E-state index is 11.8. The lowest BCUT2D eigenvalue weighted by Crippen LogP contribution is -2.57. The largest absolute Gasteiger partial charge is 0.497 e. The average molecular weight is 357 g/mol. The summed E-state index contributed by atoms with van der Waals surface area (Å²) in [6, 6.07) is 6.05. The SMILES string of the molecule is COc1cc(Br)cc(NC2CN(C(=O)OC(C)(C)C)C2)c1. The van der Waals surface area contributed by atoms with Gasteiger partial charge in [0.15, 0.2) is 0 Å². The van der Waals surface area contributed by atoms with Crippen LogP contribution in [0.4, 0.5) is 10.5 Å². The second kappa shape index (κ2) is 6.13. The van der Waals surface area contributed by atoms with Crippen LogP contribution in [0.5, 0.6) is 5.75 Å². The minimum atomic E-state index is -0.451. The Morgan fingerprint density at radius 2 is 2.00 bits per heavy atom. The van der Waals surface area contributed by atoms with Gasteiger partial charge in [0.25, 0.3) is 0 Å². The summed E-state index contributed by atoms with van der Waals surface area (Å²) in [7, 11) is 1.64. The lowest BCUT2D eigenvalue weighted by Gasteiger charge is -2.40. The number of hydrogen-bond donors (Lipinski definition) is 1. The van der Waals surface area contributed by atoms with E-state index in [-0.39, 0.29) is 12.1 Å². The third-order valence-corrected chi connectivity index (χ3v) is 3.47. The van der Waals surface area contributed by atoms with Crippen molar-refractivity contribution in [1.29, 1.82) is 0 Å². The first-order valence-corrected chi connectivity index (χ1v) is 7.65. The molecule has 1 aliphatic heterocycles. The zero-order valence-electron chi connectivity index (χ0n) is 12.8. The molecule has 21 heavy (non-hydrogen) atoms.